The van der Waals surface area contributed by atoms with Crippen molar-refractivity contribution in [1.29, 1.82) is 0 Å². The molecular weight excluding hydrogens is 212 g/mol. The van der Waals surface area contributed by atoms with Crippen LogP contribution < -0.4 is 5.32 Å². The second-order valence-electron chi connectivity index (χ2n) is 5.37. The third-order valence-electron chi connectivity index (χ3n) is 3.28. The van der Waals surface area contributed by atoms with Gasteiger partial charge in [0.1, 0.15) is 0 Å². The van der Waals surface area contributed by atoms with E-state index in [1.54, 1.807) is 0 Å². The summed E-state index contributed by atoms with van der Waals surface area (Å²) in [5.41, 5.74) is 1.23. The summed E-state index contributed by atoms with van der Waals surface area (Å²) in [6.45, 7) is 4.85. The Morgan fingerprint density at radius 1 is 1.47 bits per heavy atom. The summed E-state index contributed by atoms with van der Waals surface area (Å²) in [4.78, 5) is 16.0. The minimum Gasteiger partial charge on any atom is -0.355 e. The van der Waals surface area contributed by atoms with Crippen LogP contribution in [0.4, 0.5) is 0 Å². The molecule has 0 atom stereocenters. The Kier molecular flexibility index (Phi) is 3.46. The van der Waals surface area contributed by atoms with Crippen LogP contribution in [-0.4, -0.2) is 17.4 Å². The summed E-state index contributed by atoms with van der Waals surface area (Å²) in [5, 5.41) is 3.04. The van der Waals surface area contributed by atoms with E-state index in [4.69, 9.17) is 0 Å². The highest BCUT2D eigenvalue weighted by Gasteiger charge is 2.45. The second-order valence-corrected chi connectivity index (χ2v) is 5.37. The minimum absolute atomic E-state index is 0.119. The first kappa shape index (κ1) is 12.1. The number of hydrogen-bond donors (Lipinski definition) is 1. The molecule has 3 nitrogen and oxygen atoms in total. The standard InChI is InChI=1S/C14H20N2O/c1-11(2)9-13(17)16-10-14(6-7-14)12-5-3-4-8-15-12/h3-5,8,11H,6-7,9-10H2,1-2H3,(H,16,17). The van der Waals surface area contributed by atoms with Crippen molar-refractivity contribution in [1.82, 2.24) is 10.3 Å². The molecule has 0 aliphatic heterocycles. The molecular formula is C14H20N2O. The predicted molar refractivity (Wildman–Crippen MR) is 67.6 cm³/mol. The number of amides is 1. The van der Waals surface area contributed by atoms with Gasteiger partial charge in [0.05, 0.1) is 0 Å². The van der Waals surface area contributed by atoms with Crippen LogP contribution in [0.3, 0.4) is 0 Å². The normalized spacial score (nSPS) is 16.9. The quantitative estimate of drug-likeness (QED) is 0.846. The smallest absolute Gasteiger partial charge is 0.220 e. The molecule has 17 heavy (non-hydrogen) atoms. The van der Waals surface area contributed by atoms with E-state index in [0.29, 0.717) is 12.3 Å². The van der Waals surface area contributed by atoms with Gasteiger partial charge in [0, 0.05) is 30.3 Å². The third kappa shape index (κ3) is 3.05. The summed E-state index contributed by atoms with van der Waals surface area (Å²) in [5.74, 6) is 0.571. The number of carbonyl (C=O) groups excluding carboxylic acids is 1. The van der Waals surface area contributed by atoms with Crippen LogP contribution >= 0.6 is 0 Å². The Morgan fingerprint density at radius 3 is 2.76 bits per heavy atom. The predicted octanol–water partition coefficient (Wildman–Crippen LogP) is 2.28. The van der Waals surface area contributed by atoms with Crippen molar-refractivity contribution in [3.8, 4) is 0 Å². The van der Waals surface area contributed by atoms with Crippen molar-refractivity contribution in [3.63, 3.8) is 0 Å². The fourth-order valence-electron chi connectivity index (χ4n) is 2.06. The molecule has 1 aliphatic rings. The summed E-state index contributed by atoms with van der Waals surface area (Å²) in [7, 11) is 0. The summed E-state index contributed by atoms with van der Waals surface area (Å²) in [6.07, 6.45) is 4.70. The Hall–Kier alpha value is -1.38. The Bertz CT molecular complexity index is 382. The molecule has 0 aromatic carbocycles. The first-order chi connectivity index (χ1) is 8.12. The third-order valence-corrected chi connectivity index (χ3v) is 3.28. The topological polar surface area (TPSA) is 42.0 Å². The van der Waals surface area contributed by atoms with E-state index < -0.39 is 0 Å². The molecule has 1 aliphatic carbocycles. The lowest BCUT2D eigenvalue weighted by molar-refractivity contribution is -0.121. The molecule has 0 bridgehead atoms. The monoisotopic (exact) mass is 232 g/mol. The Morgan fingerprint density at radius 2 is 2.24 bits per heavy atom. The number of rotatable bonds is 5. The minimum atomic E-state index is 0.119. The number of hydrogen-bond acceptors (Lipinski definition) is 2. The largest absolute Gasteiger partial charge is 0.355 e. The van der Waals surface area contributed by atoms with Crippen molar-refractivity contribution in [2.24, 2.45) is 5.92 Å². The van der Waals surface area contributed by atoms with Gasteiger partial charge in [-0.05, 0) is 30.9 Å². The lowest BCUT2D eigenvalue weighted by atomic mass is 10.0. The zero-order valence-corrected chi connectivity index (χ0v) is 10.6. The molecule has 1 heterocycles. The highest BCUT2D eigenvalue weighted by atomic mass is 16.1. The van der Waals surface area contributed by atoms with Gasteiger partial charge in [0.25, 0.3) is 0 Å². The van der Waals surface area contributed by atoms with E-state index in [-0.39, 0.29) is 11.3 Å². The molecule has 0 unspecified atom stereocenters. The average Bonchev–Trinajstić information content (AvgIpc) is 3.08. The molecule has 1 aromatic heterocycles. The van der Waals surface area contributed by atoms with Gasteiger partial charge in [0.2, 0.25) is 5.91 Å². The van der Waals surface area contributed by atoms with Crippen molar-refractivity contribution in [2.45, 2.75) is 38.5 Å². The van der Waals surface area contributed by atoms with E-state index in [1.165, 1.54) is 0 Å². The van der Waals surface area contributed by atoms with Crippen molar-refractivity contribution in [2.75, 3.05) is 6.54 Å². The first-order valence-electron chi connectivity index (χ1n) is 6.31. The molecule has 0 saturated heterocycles. The maximum absolute atomic E-state index is 11.6. The maximum Gasteiger partial charge on any atom is 0.220 e. The maximum atomic E-state index is 11.6. The number of nitrogens with one attached hydrogen (secondary N) is 1. The van der Waals surface area contributed by atoms with E-state index >= 15 is 0 Å². The molecule has 1 saturated carbocycles. The molecule has 3 heteroatoms. The van der Waals surface area contributed by atoms with Gasteiger partial charge in [-0.15, -0.1) is 0 Å². The van der Waals surface area contributed by atoms with Gasteiger partial charge in [-0.2, -0.15) is 0 Å². The lowest BCUT2D eigenvalue weighted by Gasteiger charge is -2.16. The van der Waals surface area contributed by atoms with Crippen LogP contribution in [0.2, 0.25) is 0 Å². The number of aromatic nitrogens is 1. The highest BCUT2D eigenvalue weighted by Crippen LogP contribution is 2.46. The average molecular weight is 232 g/mol. The van der Waals surface area contributed by atoms with Crippen LogP contribution in [0.25, 0.3) is 0 Å². The number of carbonyl (C=O) groups is 1. The van der Waals surface area contributed by atoms with Gasteiger partial charge in [-0.1, -0.05) is 19.9 Å². The molecule has 1 amide bonds. The highest BCUT2D eigenvalue weighted by molar-refractivity contribution is 5.76. The Labute approximate surface area is 103 Å². The van der Waals surface area contributed by atoms with Gasteiger partial charge in [-0.25, -0.2) is 0 Å². The van der Waals surface area contributed by atoms with Gasteiger partial charge >= 0.3 is 0 Å². The van der Waals surface area contributed by atoms with Crippen molar-refractivity contribution >= 4 is 5.91 Å². The molecule has 0 radical (unpaired) electrons. The van der Waals surface area contributed by atoms with Crippen molar-refractivity contribution in [3.05, 3.63) is 30.1 Å². The molecule has 1 N–H and O–H groups in total. The van der Waals surface area contributed by atoms with Gasteiger partial charge in [-0.3, -0.25) is 9.78 Å². The first-order valence-corrected chi connectivity index (χ1v) is 6.31. The summed E-state index contributed by atoms with van der Waals surface area (Å²) < 4.78 is 0. The van der Waals surface area contributed by atoms with Gasteiger partial charge in [0.15, 0.2) is 0 Å². The van der Waals surface area contributed by atoms with E-state index in [1.807, 2.05) is 18.3 Å². The molecule has 92 valence electrons. The van der Waals surface area contributed by atoms with Crippen molar-refractivity contribution < 1.29 is 4.79 Å². The SMILES string of the molecule is CC(C)CC(=O)NCC1(c2ccccn2)CC1. The van der Waals surface area contributed by atoms with Crippen LogP contribution in [-0.2, 0) is 10.2 Å². The zero-order valence-electron chi connectivity index (χ0n) is 10.6. The molecule has 2 rings (SSSR count). The van der Waals surface area contributed by atoms with E-state index in [2.05, 4.69) is 30.2 Å². The molecule has 1 aromatic rings. The summed E-state index contributed by atoms with van der Waals surface area (Å²) in [6, 6.07) is 6.00. The van der Waals surface area contributed by atoms with Crippen LogP contribution in [0, 0.1) is 5.92 Å². The fourth-order valence-corrected chi connectivity index (χ4v) is 2.06. The number of pyridine rings is 1. The van der Waals surface area contributed by atoms with Crippen LogP contribution in [0.15, 0.2) is 24.4 Å². The van der Waals surface area contributed by atoms with Crippen LogP contribution in [0.5, 0.6) is 0 Å². The summed E-state index contributed by atoms with van der Waals surface area (Å²) >= 11 is 0. The zero-order chi connectivity index (χ0) is 12.3. The molecule has 0 spiro atoms. The lowest BCUT2D eigenvalue weighted by Crippen LogP contribution is -2.33. The van der Waals surface area contributed by atoms with Crippen LogP contribution in [0.1, 0.15) is 38.8 Å². The van der Waals surface area contributed by atoms with E-state index in [9.17, 15) is 4.79 Å². The van der Waals surface area contributed by atoms with Gasteiger partial charge < -0.3 is 5.32 Å². The second kappa shape index (κ2) is 4.86. The Balaban J connectivity index is 1.89. The fraction of sp³-hybridized carbons (Fsp3) is 0.571. The molecule has 1 fully saturated rings. The van der Waals surface area contributed by atoms with E-state index in [0.717, 1.165) is 25.1 Å². The number of nitrogens with zero attached hydrogens (tertiary/aromatic N) is 1.